The lowest BCUT2D eigenvalue weighted by Gasteiger charge is -2.41. The van der Waals surface area contributed by atoms with E-state index in [1.165, 1.54) is 12.0 Å². The van der Waals surface area contributed by atoms with E-state index < -0.39 is 0 Å². The van der Waals surface area contributed by atoms with Gasteiger partial charge in [0.15, 0.2) is 0 Å². The number of nitrogens with one attached hydrogen (secondary N) is 1. The van der Waals surface area contributed by atoms with Gasteiger partial charge in [-0.2, -0.15) is 0 Å². The van der Waals surface area contributed by atoms with Crippen molar-refractivity contribution in [2.75, 3.05) is 19.6 Å². The van der Waals surface area contributed by atoms with E-state index >= 15 is 0 Å². The monoisotopic (exact) mass is 274 g/mol. The third-order valence-electron chi connectivity index (χ3n) is 3.51. The number of hydrogen-bond acceptors (Lipinski definition) is 2. The summed E-state index contributed by atoms with van der Waals surface area (Å²) >= 11 is 0. The van der Waals surface area contributed by atoms with Crippen molar-refractivity contribution in [1.82, 2.24) is 10.2 Å². The highest BCUT2D eigenvalue weighted by molar-refractivity contribution is 5.20. The van der Waals surface area contributed by atoms with Gasteiger partial charge in [-0.25, -0.2) is 0 Å². The van der Waals surface area contributed by atoms with Gasteiger partial charge in [0.1, 0.15) is 0 Å². The lowest BCUT2D eigenvalue weighted by atomic mass is 9.97. The molecule has 0 aromatic heterocycles. The molecule has 1 aromatic carbocycles. The van der Waals surface area contributed by atoms with E-state index in [4.69, 9.17) is 0 Å². The van der Waals surface area contributed by atoms with Gasteiger partial charge in [0.25, 0.3) is 0 Å². The molecule has 0 aliphatic heterocycles. The lowest BCUT2D eigenvalue weighted by Crippen LogP contribution is -2.47. The standard InChI is InChI=1S/C18H30N2/c1-6-13-19-15-17(16-11-9-8-10-12-16)20(14-7-2)18(3,4)5/h7-12,17,19H,2,6,13-15H2,1,3-5H3. The van der Waals surface area contributed by atoms with Crippen LogP contribution < -0.4 is 5.32 Å². The van der Waals surface area contributed by atoms with Gasteiger partial charge in [0.05, 0.1) is 0 Å². The van der Waals surface area contributed by atoms with Crippen molar-refractivity contribution >= 4 is 0 Å². The van der Waals surface area contributed by atoms with Crippen molar-refractivity contribution in [1.29, 1.82) is 0 Å². The van der Waals surface area contributed by atoms with E-state index in [9.17, 15) is 0 Å². The topological polar surface area (TPSA) is 15.3 Å². The molecule has 2 heteroatoms. The van der Waals surface area contributed by atoms with Crippen LogP contribution in [-0.2, 0) is 0 Å². The Labute approximate surface area is 124 Å². The van der Waals surface area contributed by atoms with Crippen molar-refractivity contribution in [2.24, 2.45) is 0 Å². The molecule has 1 aromatic rings. The molecule has 0 saturated carbocycles. The van der Waals surface area contributed by atoms with Gasteiger partial charge in [0.2, 0.25) is 0 Å². The van der Waals surface area contributed by atoms with E-state index in [1.54, 1.807) is 0 Å². The molecule has 0 saturated heterocycles. The van der Waals surface area contributed by atoms with Crippen LogP contribution in [0.1, 0.15) is 45.7 Å². The third-order valence-corrected chi connectivity index (χ3v) is 3.51. The molecule has 0 aliphatic carbocycles. The minimum Gasteiger partial charge on any atom is -0.315 e. The summed E-state index contributed by atoms with van der Waals surface area (Å²) in [5, 5.41) is 3.57. The predicted molar refractivity (Wildman–Crippen MR) is 89.0 cm³/mol. The maximum atomic E-state index is 3.92. The summed E-state index contributed by atoms with van der Waals surface area (Å²) in [5.41, 5.74) is 1.48. The van der Waals surface area contributed by atoms with E-state index in [0.29, 0.717) is 6.04 Å². The third kappa shape index (κ3) is 5.10. The maximum Gasteiger partial charge on any atom is 0.0481 e. The highest BCUT2D eigenvalue weighted by Gasteiger charge is 2.28. The Hall–Kier alpha value is -1.12. The van der Waals surface area contributed by atoms with Gasteiger partial charge in [-0.15, -0.1) is 6.58 Å². The molecule has 0 amide bonds. The summed E-state index contributed by atoms with van der Waals surface area (Å²) in [5.74, 6) is 0. The Bertz CT molecular complexity index is 378. The second-order valence-electron chi connectivity index (χ2n) is 6.24. The van der Waals surface area contributed by atoms with Crippen molar-refractivity contribution in [3.8, 4) is 0 Å². The van der Waals surface area contributed by atoms with Crippen LogP contribution in [0.25, 0.3) is 0 Å². The van der Waals surface area contributed by atoms with Crippen LogP contribution in [0.4, 0.5) is 0 Å². The first-order valence-electron chi connectivity index (χ1n) is 7.64. The smallest absolute Gasteiger partial charge is 0.0481 e. The number of benzene rings is 1. The zero-order chi connectivity index (χ0) is 15.0. The van der Waals surface area contributed by atoms with Crippen LogP contribution in [0.5, 0.6) is 0 Å². The fraction of sp³-hybridized carbons (Fsp3) is 0.556. The van der Waals surface area contributed by atoms with Crippen LogP contribution in [0.3, 0.4) is 0 Å². The highest BCUT2D eigenvalue weighted by Crippen LogP contribution is 2.27. The fourth-order valence-corrected chi connectivity index (χ4v) is 2.51. The molecule has 0 heterocycles. The first kappa shape index (κ1) is 16.9. The van der Waals surface area contributed by atoms with E-state index in [0.717, 1.165) is 19.6 Å². The van der Waals surface area contributed by atoms with Crippen molar-refractivity contribution < 1.29 is 0 Å². The summed E-state index contributed by atoms with van der Waals surface area (Å²) in [6, 6.07) is 11.1. The number of nitrogens with zero attached hydrogens (tertiary/aromatic N) is 1. The predicted octanol–water partition coefficient (Wildman–Crippen LogP) is 4.01. The lowest BCUT2D eigenvalue weighted by molar-refractivity contribution is 0.0952. The first-order valence-corrected chi connectivity index (χ1v) is 7.64. The second-order valence-corrected chi connectivity index (χ2v) is 6.24. The van der Waals surface area contributed by atoms with Crippen LogP contribution in [0.2, 0.25) is 0 Å². The van der Waals surface area contributed by atoms with Crippen molar-refractivity contribution in [3.05, 3.63) is 48.6 Å². The summed E-state index contributed by atoms with van der Waals surface area (Å²) < 4.78 is 0. The molecule has 2 nitrogen and oxygen atoms in total. The Kier molecular flexibility index (Phi) is 6.97. The Morgan fingerprint density at radius 2 is 1.90 bits per heavy atom. The molecule has 1 atom stereocenters. The van der Waals surface area contributed by atoms with Gasteiger partial charge < -0.3 is 5.32 Å². The molecule has 1 N–H and O–H groups in total. The summed E-state index contributed by atoms with van der Waals surface area (Å²) in [6.45, 7) is 15.9. The van der Waals surface area contributed by atoms with Crippen molar-refractivity contribution in [3.63, 3.8) is 0 Å². The average molecular weight is 274 g/mol. The highest BCUT2D eigenvalue weighted by atomic mass is 15.2. The fourth-order valence-electron chi connectivity index (χ4n) is 2.51. The normalized spacial score (nSPS) is 13.4. The zero-order valence-corrected chi connectivity index (χ0v) is 13.5. The quantitative estimate of drug-likeness (QED) is 0.569. The zero-order valence-electron chi connectivity index (χ0n) is 13.5. The summed E-state index contributed by atoms with van der Waals surface area (Å²) in [4.78, 5) is 2.51. The van der Waals surface area contributed by atoms with Crippen molar-refractivity contribution in [2.45, 2.75) is 45.7 Å². The van der Waals surface area contributed by atoms with Gasteiger partial charge >= 0.3 is 0 Å². The van der Waals surface area contributed by atoms with Crippen LogP contribution >= 0.6 is 0 Å². The Morgan fingerprint density at radius 3 is 2.40 bits per heavy atom. The molecule has 0 spiro atoms. The van der Waals surface area contributed by atoms with E-state index in [-0.39, 0.29) is 5.54 Å². The minimum atomic E-state index is 0.114. The van der Waals surface area contributed by atoms with Gasteiger partial charge in [-0.05, 0) is 39.3 Å². The molecule has 112 valence electrons. The SMILES string of the molecule is C=CCN(C(CNCCC)c1ccccc1)C(C)(C)C. The molecule has 1 unspecified atom stereocenters. The molecule has 0 radical (unpaired) electrons. The van der Waals surface area contributed by atoms with E-state index in [2.05, 4.69) is 74.8 Å². The largest absolute Gasteiger partial charge is 0.315 e. The molecule has 1 rings (SSSR count). The summed E-state index contributed by atoms with van der Waals surface area (Å²) in [6.07, 6.45) is 3.17. The molecular formula is C18H30N2. The van der Waals surface area contributed by atoms with Crippen LogP contribution in [-0.4, -0.2) is 30.1 Å². The van der Waals surface area contributed by atoms with Gasteiger partial charge in [-0.3, -0.25) is 4.90 Å². The van der Waals surface area contributed by atoms with Crippen LogP contribution in [0.15, 0.2) is 43.0 Å². The first-order chi connectivity index (χ1) is 9.50. The second kappa shape index (κ2) is 8.23. The van der Waals surface area contributed by atoms with E-state index in [1.807, 2.05) is 6.08 Å². The number of hydrogen-bond donors (Lipinski definition) is 1. The van der Waals surface area contributed by atoms with Crippen LogP contribution in [0, 0.1) is 0 Å². The Morgan fingerprint density at radius 1 is 1.25 bits per heavy atom. The molecule has 0 aliphatic rings. The van der Waals surface area contributed by atoms with Gasteiger partial charge in [-0.1, -0.05) is 43.3 Å². The maximum absolute atomic E-state index is 3.92. The molecule has 0 fully saturated rings. The summed E-state index contributed by atoms with van der Waals surface area (Å²) in [7, 11) is 0. The molecule has 0 bridgehead atoms. The number of rotatable bonds is 8. The molecule has 20 heavy (non-hydrogen) atoms. The molecular weight excluding hydrogens is 244 g/mol. The van der Waals surface area contributed by atoms with Gasteiger partial charge in [0, 0.05) is 24.7 Å². The Balaban J connectivity index is 2.97. The average Bonchev–Trinajstić information content (AvgIpc) is 2.42. The minimum absolute atomic E-state index is 0.114.